The van der Waals surface area contributed by atoms with Crippen LogP contribution in [0.15, 0.2) is 48.5 Å². The Morgan fingerprint density at radius 1 is 0.645 bits per heavy atom. The van der Waals surface area contributed by atoms with Gasteiger partial charge in [-0.1, -0.05) is 114 Å². The molecule has 0 N–H and O–H groups in total. The van der Waals surface area contributed by atoms with Crippen LogP contribution in [0.3, 0.4) is 0 Å². The second-order valence-electron chi connectivity index (χ2n) is 9.11. The molecule has 2 aromatic rings. The lowest BCUT2D eigenvalue weighted by atomic mass is 9.99. The molecule has 1 heterocycles. The van der Waals surface area contributed by atoms with Gasteiger partial charge in [-0.2, -0.15) is 0 Å². The molecule has 2 aromatic carbocycles. The molecule has 2 atom stereocenters. The third kappa shape index (κ3) is 8.09. The number of benzene rings is 2. The minimum Gasteiger partial charge on any atom is -0.373 e. The highest BCUT2D eigenvalue weighted by molar-refractivity contribution is 5.64. The normalized spacial score (nSPS) is 18.9. The van der Waals surface area contributed by atoms with Gasteiger partial charge in [0.25, 0.3) is 0 Å². The van der Waals surface area contributed by atoms with Crippen molar-refractivity contribution in [1.29, 1.82) is 0 Å². The molecule has 2 heteroatoms. The van der Waals surface area contributed by atoms with Crippen molar-refractivity contribution in [3.8, 4) is 11.1 Å². The highest BCUT2D eigenvalue weighted by Crippen LogP contribution is 2.28. The molecule has 0 amide bonds. The van der Waals surface area contributed by atoms with E-state index in [4.69, 9.17) is 9.47 Å². The zero-order valence-corrected chi connectivity index (χ0v) is 19.8. The highest BCUT2D eigenvalue weighted by Gasteiger charge is 2.23. The van der Waals surface area contributed by atoms with Crippen LogP contribution in [0.2, 0.25) is 0 Å². The molecule has 0 aliphatic carbocycles. The number of hydrogen-bond acceptors (Lipinski definition) is 2. The van der Waals surface area contributed by atoms with Gasteiger partial charge in [0.05, 0.1) is 19.3 Å². The maximum absolute atomic E-state index is 6.15. The van der Waals surface area contributed by atoms with E-state index in [0.29, 0.717) is 6.61 Å². The minimum absolute atomic E-state index is 0.0656. The number of unbranched alkanes of at least 4 members (excludes halogenated alkanes) is 7. The molecule has 0 saturated carbocycles. The van der Waals surface area contributed by atoms with Crippen LogP contribution in [0.4, 0.5) is 0 Å². The monoisotopic (exact) mass is 422 g/mol. The van der Waals surface area contributed by atoms with E-state index in [1.807, 2.05) is 0 Å². The molecule has 31 heavy (non-hydrogen) atoms. The zero-order chi connectivity index (χ0) is 21.7. The van der Waals surface area contributed by atoms with Gasteiger partial charge in [-0.05, 0) is 41.5 Å². The second kappa shape index (κ2) is 13.7. The number of ether oxygens (including phenoxy) is 2. The van der Waals surface area contributed by atoms with Gasteiger partial charge >= 0.3 is 0 Å². The summed E-state index contributed by atoms with van der Waals surface area (Å²) in [6.45, 7) is 5.92. The number of rotatable bonds is 13. The van der Waals surface area contributed by atoms with Gasteiger partial charge in [0.15, 0.2) is 0 Å². The molecule has 1 aliphatic rings. The predicted octanol–water partition coefficient (Wildman–Crippen LogP) is 8.29. The van der Waals surface area contributed by atoms with E-state index >= 15 is 0 Å². The van der Waals surface area contributed by atoms with Gasteiger partial charge < -0.3 is 9.47 Å². The summed E-state index contributed by atoms with van der Waals surface area (Å²) in [6, 6.07) is 17.9. The lowest BCUT2D eigenvalue weighted by Crippen LogP contribution is -2.31. The Morgan fingerprint density at radius 2 is 1.26 bits per heavy atom. The molecular formula is C29H42O2. The average Bonchev–Trinajstić information content (AvgIpc) is 2.83. The smallest absolute Gasteiger partial charge is 0.106 e. The first kappa shape index (κ1) is 24.0. The van der Waals surface area contributed by atoms with E-state index in [9.17, 15) is 0 Å². The largest absolute Gasteiger partial charge is 0.373 e. The van der Waals surface area contributed by atoms with Crippen molar-refractivity contribution in [2.45, 2.75) is 96.7 Å². The van der Waals surface area contributed by atoms with Gasteiger partial charge in [-0.15, -0.1) is 0 Å². The van der Waals surface area contributed by atoms with Crippen molar-refractivity contribution in [3.63, 3.8) is 0 Å². The van der Waals surface area contributed by atoms with Crippen molar-refractivity contribution in [3.05, 3.63) is 59.7 Å². The van der Waals surface area contributed by atoms with E-state index in [1.165, 1.54) is 86.5 Å². The van der Waals surface area contributed by atoms with Gasteiger partial charge in [0.1, 0.15) is 6.10 Å². The molecule has 1 fully saturated rings. The molecule has 0 aromatic heterocycles. The summed E-state index contributed by atoms with van der Waals surface area (Å²) < 4.78 is 12.2. The third-order valence-electron chi connectivity index (χ3n) is 6.48. The third-order valence-corrected chi connectivity index (χ3v) is 6.48. The summed E-state index contributed by atoms with van der Waals surface area (Å²) in [4.78, 5) is 0. The molecule has 0 unspecified atom stereocenters. The zero-order valence-electron chi connectivity index (χ0n) is 19.8. The molecule has 3 rings (SSSR count). The Labute approximate surface area is 190 Å². The van der Waals surface area contributed by atoms with Gasteiger partial charge in [-0.25, -0.2) is 0 Å². The molecular weight excluding hydrogens is 380 g/mol. The Balaban J connectivity index is 1.43. The van der Waals surface area contributed by atoms with Crippen LogP contribution in [-0.4, -0.2) is 19.3 Å². The maximum Gasteiger partial charge on any atom is 0.106 e. The van der Waals surface area contributed by atoms with Crippen LogP contribution in [0, 0.1) is 0 Å². The quantitative estimate of drug-likeness (QED) is 0.302. The standard InChI is InChI=1S/C29H42O2/c1-3-5-7-9-11-13-28-22-31-29(23-30-28)27-20-18-26(19-21-27)25-16-14-24(15-17-25)12-10-8-6-4-2/h14-21,28-29H,3-13,22-23H2,1-2H3/t28-,29-/m0/s1. The Morgan fingerprint density at radius 3 is 1.87 bits per heavy atom. The first-order chi connectivity index (χ1) is 15.3. The summed E-state index contributed by atoms with van der Waals surface area (Å²) in [6.07, 6.45) is 14.5. The highest BCUT2D eigenvalue weighted by atomic mass is 16.6. The topological polar surface area (TPSA) is 18.5 Å². The molecule has 0 spiro atoms. The van der Waals surface area contributed by atoms with Crippen LogP contribution < -0.4 is 0 Å². The summed E-state index contributed by atoms with van der Waals surface area (Å²) in [5, 5.41) is 0. The fraction of sp³-hybridized carbons (Fsp3) is 0.586. The van der Waals surface area contributed by atoms with E-state index in [0.717, 1.165) is 13.0 Å². The van der Waals surface area contributed by atoms with Gasteiger partial charge in [0, 0.05) is 0 Å². The summed E-state index contributed by atoms with van der Waals surface area (Å²) in [5.74, 6) is 0. The first-order valence-corrected chi connectivity index (χ1v) is 12.7. The van der Waals surface area contributed by atoms with E-state index in [1.54, 1.807) is 0 Å². The van der Waals surface area contributed by atoms with Crippen LogP contribution in [0.1, 0.15) is 95.3 Å². The summed E-state index contributed by atoms with van der Waals surface area (Å²) in [5.41, 5.74) is 5.22. The first-order valence-electron chi connectivity index (χ1n) is 12.7. The van der Waals surface area contributed by atoms with E-state index < -0.39 is 0 Å². The Kier molecular flexibility index (Phi) is 10.6. The molecule has 0 bridgehead atoms. The predicted molar refractivity (Wildman–Crippen MR) is 132 cm³/mol. The Hall–Kier alpha value is -1.64. The average molecular weight is 423 g/mol. The van der Waals surface area contributed by atoms with Crippen LogP contribution >= 0.6 is 0 Å². The van der Waals surface area contributed by atoms with Crippen molar-refractivity contribution in [1.82, 2.24) is 0 Å². The molecule has 1 aliphatic heterocycles. The van der Waals surface area contributed by atoms with E-state index in [2.05, 4.69) is 62.4 Å². The van der Waals surface area contributed by atoms with Crippen molar-refractivity contribution in [2.75, 3.05) is 13.2 Å². The van der Waals surface area contributed by atoms with Gasteiger partial charge in [0.2, 0.25) is 0 Å². The fourth-order valence-electron chi connectivity index (χ4n) is 4.39. The van der Waals surface area contributed by atoms with Gasteiger partial charge in [-0.3, -0.25) is 0 Å². The summed E-state index contributed by atoms with van der Waals surface area (Å²) in [7, 11) is 0. The molecule has 170 valence electrons. The van der Waals surface area contributed by atoms with Crippen molar-refractivity contribution < 1.29 is 9.47 Å². The van der Waals surface area contributed by atoms with E-state index in [-0.39, 0.29) is 12.2 Å². The lowest BCUT2D eigenvalue weighted by Gasteiger charge is -2.30. The van der Waals surface area contributed by atoms with Crippen molar-refractivity contribution in [2.24, 2.45) is 0 Å². The lowest BCUT2D eigenvalue weighted by molar-refractivity contribution is -0.137. The van der Waals surface area contributed by atoms with Crippen LogP contribution in [0.5, 0.6) is 0 Å². The van der Waals surface area contributed by atoms with Crippen LogP contribution in [0.25, 0.3) is 11.1 Å². The number of hydrogen-bond donors (Lipinski definition) is 0. The molecule has 2 nitrogen and oxygen atoms in total. The Bertz CT molecular complexity index is 711. The van der Waals surface area contributed by atoms with Crippen molar-refractivity contribution >= 4 is 0 Å². The fourth-order valence-corrected chi connectivity index (χ4v) is 4.39. The maximum atomic E-state index is 6.15. The molecule has 1 saturated heterocycles. The number of aryl methyl sites for hydroxylation is 1. The van der Waals surface area contributed by atoms with Crippen LogP contribution in [-0.2, 0) is 15.9 Å². The SMILES string of the molecule is CCCCCCC[C@H]1CO[C@H](c2ccc(-c3ccc(CCCCCC)cc3)cc2)CO1. The molecule has 0 radical (unpaired) electrons. The second-order valence-corrected chi connectivity index (χ2v) is 9.11. The summed E-state index contributed by atoms with van der Waals surface area (Å²) >= 11 is 0. The minimum atomic E-state index is 0.0656.